The second-order valence-corrected chi connectivity index (χ2v) is 3.68. The van der Waals surface area contributed by atoms with E-state index in [2.05, 4.69) is 0 Å². The van der Waals surface area contributed by atoms with E-state index in [4.69, 9.17) is 10.2 Å². The summed E-state index contributed by atoms with van der Waals surface area (Å²) in [5.74, 6) is -1.45. The van der Waals surface area contributed by atoms with Crippen LogP contribution in [0, 0.1) is 5.82 Å². The molecule has 5 heteroatoms. The van der Waals surface area contributed by atoms with Crippen LogP contribution >= 0.6 is 0 Å². The predicted octanol–water partition coefficient (Wildman–Crippen LogP) is 1.38. The lowest BCUT2D eigenvalue weighted by Crippen LogP contribution is -2.34. The van der Waals surface area contributed by atoms with Crippen molar-refractivity contribution in [3.8, 4) is 5.75 Å². The van der Waals surface area contributed by atoms with Crippen molar-refractivity contribution in [1.82, 2.24) is 4.90 Å². The molecule has 1 amide bonds. The molecule has 0 aromatic heterocycles. The van der Waals surface area contributed by atoms with E-state index in [0.29, 0.717) is 6.54 Å². The molecule has 0 aliphatic heterocycles. The van der Waals surface area contributed by atoms with Gasteiger partial charge in [0, 0.05) is 19.2 Å². The molecule has 0 atom stereocenters. The molecule has 1 aromatic carbocycles. The molecule has 0 heterocycles. The summed E-state index contributed by atoms with van der Waals surface area (Å²) in [5, 5.41) is 17.9. The Kier molecular flexibility index (Phi) is 4.90. The SMILES string of the molecule is CCCN(CCO)C(=O)c1ccc(O)cc1F. The molecule has 0 spiro atoms. The molecule has 1 aromatic rings. The number of halogens is 1. The van der Waals surface area contributed by atoms with Gasteiger partial charge < -0.3 is 15.1 Å². The van der Waals surface area contributed by atoms with Crippen LogP contribution in [0.5, 0.6) is 5.75 Å². The van der Waals surface area contributed by atoms with Crippen LogP contribution in [0.3, 0.4) is 0 Å². The average molecular weight is 241 g/mol. The summed E-state index contributed by atoms with van der Waals surface area (Å²) in [6.45, 7) is 2.36. The fourth-order valence-corrected chi connectivity index (χ4v) is 1.55. The minimum atomic E-state index is -0.756. The van der Waals surface area contributed by atoms with Crippen molar-refractivity contribution in [3.05, 3.63) is 29.6 Å². The van der Waals surface area contributed by atoms with Crippen LogP contribution in [-0.4, -0.2) is 40.7 Å². The monoisotopic (exact) mass is 241 g/mol. The molecule has 0 bridgehead atoms. The highest BCUT2D eigenvalue weighted by atomic mass is 19.1. The van der Waals surface area contributed by atoms with Gasteiger partial charge in [-0.2, -0.15) is 0 Å². The molecule has 0 radical (unpaired) electrons. The third-order valence-corrected chi connectivity index (χ3v) is 2.33. The zero-order chi connectivity index (χ0) is 12.8. The van der Waals surface area contributed by atoms with Crippen LogP contribution in [-0.2, 0) is 0 Å². The zero-order valence-electron chi connectivity index (χ0n) is 9.69. The van der Waals surface area contributed by atoms with Gasteiger partial charge in [-0.3, -0.25) is 4.79 Å². The number of carbonyl (C=O) groups is 1. The lowest BCUT2D eigenvalue weighted by Gasteiger charge is -2.21. The predicted molar refractivity (Wildman–Crippen MR) is 61.3 cm³/mol. The summed E-state index contributed by atoms with van der Waals surface area (Å²) in [6.07, 6.45) is 0.728. The second kappa shape index (κ2) is 6.20. The van der Waals surface area contributed by atoms with Gasteiger partial charge in [-0.1, -0.05) is 6.92 Å². The smallest absolute Gasteiger partial charge is 0.256 e. The second-order valence-electron chi connectivity index (χ2n) is 3.68. The summed E-state index contributed by atoms with van der Waals surface area (Å²) in [4.78, 5) is 13.3. The highest BCUT2D eigenvalue weighted by Crippen LogP contribution is 2.16. The molecule has 0 fully saturated rings. The molecule has 4 nitrogen and oxygen atoms in total. The van der Waals surface area contributed by atoms with Gasteiger partial charge in [0.15, 0.2) is 0 Å². The average Bonchev–Trinajstić information content (AvgIpc) is 2.28. The topological polar surface area (TPSA) is 60.8 Å². The van der Waals surface area contributed by atoms with E-state index in [0.717, 1.165) is 12.5 Å². The lowest BCUT2D eigenvalue weighted by molar-refractivity contribution is 0.0717. The maximum atomic E-state index is 13.5. The number of nitrogens with zero attached hydrogens (tertiary/aromatic N) is 1. The van der Waals surface area contributed by atoms with Crippen molar-refractivity contribution in [1.29, 1.82) is 0 Å². The Morgan fingerprint density at radius 3 is 2.65 bits per heavy atom. The molecule has 0 saturated carbocycles. The standard InChI is InChI=1S/C12H16FNO3/c1-2-5-14(6-7-15)12(17)10-4-3-9(16)8-11(10)13/h3-4,8,15-16H,2,5-7H2,1H3. The first kappa shape index (κ1) is 13.4. The quantitative estimate of drug-likeness (QED) is 0.818. The molecule has 0 aliphatic carbocycles. The minimum absolute atomic E-state index is 0.0929. The first-order chi connectivity index (χ1) is 8.10. The number of carbonyl (C=O) groups excluding carboxylic acids is 1. The van der Waals surface area contributed by atoms with Crippen molar-refractivity contribution >= 4 is 5.91 Å². The molecule has 0 saturated heterocycles. The maximum Gasteiger partial charge on any atom is 0.256 e. The minimum Gasteiger partial charge on any atom is -0.508 e. The van der Waals surface area contributed by atoms with Crippen molar-refractivity contribution in [2.75, 3.05) is 19.7 Å². The normalized spacial score (nSPS) is 10.3. The summed E-state index contributed by atoms with van der Waals surface area (Å²) < 4.78 is 13.5. The van der Waals surface area contributed by atoms with E-state index in [1.54, 1.807) is 0 Å². The first-order valence-electron chi connectivity index (χ1n) is 5.48. The van der Waals surface area contributed by atoms with Gasteiger partial charge >= 0.3 is 0 Å². The number of aromatic hydroxyl groups is 1. The van der Waals surface area contributed by atoms with Crippen molar-refractivity contribution in [2.24, 2.45) is 0 Å². The maximum absolute atomic E-state index is 13.5. The number of rotatable bonds is 5. The summed E-state index contributed by atoms with van der Waals surface area (Å²) in [5.41, 5.74) is -0.0929. The number of aliphatic hydroxyl groups excluding tert-OH is 1. The third-order valence-electron chi connectivity index (χ3n) is 2.33. The van der Waals surface area contributed by atoms with Gasteiger partial charge in [0.25, 0.3) is 5.91 Å². The molecular formula is C12H16FNO3. The molecule has 0 unspecified atom stereocenters. The summed E-state index contributed by atoms with van der Waals surface area (Å²) in [6, 6.07) is 3.41. The van der Waals surface area contributed by atoms with Crippen LogP contribution in [0.25, 0.3) is 0 Å². The van der Waals surface area contributed by atoms with Crippen molar-refractivity contribution in [2.45, 2.75) is 13.3 Å². The fourth-order valence-electron chi connectivity index (χ4n) is 1.55. The molecule has 0 aliphatic rings. The van der Waals surface area contributed by atoms with Crippen LogP contribution in [0.2, 0.25) is 0 Å². The highest BCUT2D eigenvalue weighted by Gasteiger charge is 2.18. The largest absolute Gasteiger partial charge is 0.508 e. The molecule has 2 N–H and O–H groups in total. The van der Waals surface area contributed by atoms with Crippen LogP contribution in [0.15, 0.2) is 18.2 Å². The van der Waals surface area contributed by atoms with E-state index < -0.39 is 11.7 Å². The van der Waals surface area contributed by atoms with Gasteiger partial charge in [0.1, 0.15) is 11.6 Å². The van der Waals surface area contributed by atoms with Crippen molar-refractivity contribution in [3.63, 3.8) is 0 Å². The van der Waals surface area contributed by atoms with Gasteiger partial charge in [-0.05, 0) is 18.6 Å². The number of benzene rings is 1. The molecular weight excluding hydrogens is 225 g/mol. The molecule has 1 rings (SSSR count). The Bertz CT molecular complexity index is 389. The van der Waals surface area contributed by atoms with Gasteiger partial charge in [-0.15, -0.1) is 0 Å². The van der Waals surface area contributed by atoms with E-state index in [-0.39, 0.29) is 24.5 Å². The van der Waals surface area contributed by atoms with Crippen LogP contribution in [0.4, 0.5) is 4.39 Å². The van der Waals surface area contributed by atoms with Crippen LogP contribution < -0.4 is 0 Å². The number of hydrogen-bond donors (Lipinski definition) is 2. The third kappa shape index (κ3) is 3.42. The van der Waals surface area contributed by atoms with Gasteiger partial charge in [-0.25, -0.2) is 4.39 Å². The highest BCUT2D eigenvalue weighted by molar-refractivity contribution is 5.94. The zero-order valence-corrected chi connectivity index (χ0v) is 9.69. The number of hydrogen-bond acceptors (Lipinski definition) is 3. The molecule has 94 valence electrons. The Labute approximate surface area is 99.3 Å². The lowest BCUT2D eigenvalue weighted by atomic mass is 10.1. The van der Waals surface area contributed by atoms with Crippen LogP contribution in [0.1, 0.15) is 23.7 Å². The van der Waals surface area contributed by atoms with E-state index in [1.807, 2.05) is 6.92 Å². The Balaban J connectivity index is 2.92. The first-order valence-corrected chi connectivity index (χ1v) is 5.48. The Morgan fingerprint density at radius 2 is 2.12 bits per heavy atom. The fraction of sp³-hybridized carbons (Fsp3) is 0.417. The molecule has 17 heavy (non-hydrogen) atoms. The number of phenols is 1. The van der Waals surface area contributed by atoms with E-state index >= 15 is 0 Å². The summed E-state index contributed by atoms with van der Waals surface area (Å²) in [7, 11) is 0. The van der Waals surface area contributed by atoms with E-state index in [1.165, 1.54) is 17.0 Å². The van der Waals surface area contributed by atoms with Gasteiger partial charge in [0.2, 0.25) is 0 Å². The van der Waals surface area contributed by atoms with E-state index in [9.17, 15) is 9.18 Å². The number of amides is 1. The van der Waals surface area contributed by atoms with Crippen molar-refractivity contribution < 1.29 is 19.4 Å². The number of aliphatic hydroxyl groups is 1. The number of phenolic OH excluding ortho intramolecular Hbond substituents is 1. The Morgan fingerprint density at radius 1 is 1.41 bits per heavy atom. The Hall–Kier alpha value is -1.62. The van der Waals surface area contributed by atoms with Gasteiger partial charge in [0.05, 0.1) is 12.2 Å². The summed E-state index contributed by atoms with van der Waals surface area (Å²) >= 11 is 0.